The lowest BCUT2D eigenvalue weighted by molar-refractivity contribution is -0.121. The standard InChI is InChI=1S/C21H27FN4O2/c1-3-24-21(25-13-16-5-4-6-19(12-16)28-2)26-14-17(20(23)27)11-15-7-9-18(22)10-8-15/h4-10,12,17H,3,11,13-14H2,1-2H3,(H2,23,27)(H2,24,25,26). The van der Waals surface area contributed by atoms with Crippen LogP contribution in [0.15, 0.2) is 53.5 Å². The lowest BCUT2D eigenvalue weighted by Crippen LogP contribution is -2.43. The van der Waals surface area contributed by atoms with Crippen LogP contribution >= 0.6 is 0 Å². The number of methoxy groups -OCH3 is 1. The molecule has 0 spiro atoms. The first-order chi connectivity index (χ1) is 13.5. The molecule has 0 saturated heterocycles. The maximum atomic E-state index is 13.1. The quantitative estimate of drug-likeness (QED) is 0.455. The Morgan fingerprint density at radius 3 is 2.57 bits per heavy atom. The molecule has 0 heterocycles. The van der Waals surface area contributed by atoms with Crippen molar-refractivity contribution in [1.82, 2.24) is 10.6 Å². The molecule has 28 heavy (non-hydrogen) atoms. The van der Waals surface area contributed by atoms with Crippen LogP contribution in [-0.2, 0) is 17.8 Å². The molecular formula is C21H27FN4O2. The monoisotopic (exact) mass is 386 g/mol. The molecule has 0 aliphatic carbocycles. The Hall–Kier alpha value is -3.09. The number of nitrogens with one attached hydrogen (secondary N) is 2. The van der Waals surface area contributed by atoms with Crippen LogP contribution in [-0.4, -0.2) is 32.1 Å². The molecule has 0 radical (unpaired) electrons. The molecule has 1 unspecified atom stereocenters. The minimum absolute atomic E-state index is 0.309. The summed E-state index contributed by atoms with van der Waals surface area (Å²) in [6.07, 6.45) is 0.428. The molecule has 2 rings (SSSR count). The van der Waals surface area contributed by atoms with Gasteiger partial charge < -0.3 is 21.1 Å². The Balaban J connectivity index is 2.00. The predicted octanol–water partition coefficient (Wildman–Crippen LogP) is 2.23. The molecule has 1 amide bonds. The minimum Gasteiger partial charge on any atom is -0.497 e. The molecule has 0 aliphatic heterocycles. The van der Waals surface area contributed by atoms with Crippen molar-refractivity contribution >= 4 is 11.9 Å². The molecule has 7 heteroatoms. The van der Waals surface area contributed by atoms with Gasteiger partial charge >= 0.3 is 0 Å². The van der Waals surface area contributed by atoms with E-state index >= 15 is 0 Å². The smallest absolute Gasteiger partial charge is 0.222 e. The lowest BCUT2D eigenvalue weighted by atomic mass is 9.98. The van der Waals surface area contributed by atoms with E-state index < -0.39 is 11.8 Å². The van der Waals surface area contributed by atoms with Crippen molar-refractivity contribution in [2.45, 2.75) is 19.9 Å². The van der Waals surface area contributed by atoms with Crippen molar-refractivity contribution in [3.05, 3.63) is 65.5 Å². The minimum atomic E-state index is -0.439. The fourth-order valence-electron chi connectivity index (χ4n) is 2.68. The Labute approximate surface area is 165 Å². The van der Waals surface area contributed by atoms with E-state index in [9.17, 15) is 9.18 Å². The molecule has 150 valence electrons. The third-order valence-electron chi connectivity index (χ3n) is 4.21. The molecule has 4 N–H and O–H groups in total. The number of nitrogens with zero attached hydrogens (tertiary/aromatic N) is 1. The normalized spacial score (nSPS) is 12.3. The second-order valence-corrected chi connectivity index (χ2v) is 6.36. The van der Waals surface area contributed by atoms with Crippen molar-refractivity contribution in [2.24, 2.45) is 16.6 Å². The number of hydrogen-bond acceptors (Lipinski definition) is 3. The molecule has 0 fully saturated rings. The summed E-state index contributed by atoms with van der Waals surface area (Å²) < 4.78 is 18.3. The van der Waals surface area contributed by atoms with Crippen LogP contribution in [0.3, 0.4) is 0 Å². The van der Waals surface area contributed by atoms with Gasteiger partial charge in [-0.3, -0.25) is 4.79 Å². The van der Waals surface area contributed by atoms with Gasteiger partial charge in [0.2, 0.25) is 5.91 Å². The molecule has 0 bridgehead atoms. The number of amides is 1. The van der Waals surface area contributed by atoms with E-state index in [1.165, 1.54) is 12.1 Å². The maximum absolute atomic E-state index is 13.1. The number of guanidine groups is 1. The Kier molecular flexibility index (Phi) is 8.27. The van der Waals surface area contributed by atoms with Gasteiger partial charge in [0.05, 0.1) is 19.6 Å². The third kappa shape index (κ3) is 6.90. The molecule has 2 aromatic carbocycles. The summed E-state index contributed by atoms with van der Waals surface area (Å²) in [7, 11) is 1.62. The summed E-state index contributed by atoms with van der Waals surface area (Å²) in [5.41, 5.74) is 7.41. The van der Waals surface area contributed by atoms with E-state index in [0.717, 1.165) is 16.9 Å². The van der Waals surface area contributed by atoms with Gasteiger partial charge in [0.1, 0.15) is 11.6 Å². The maximum Gasteiger partial charge on any atom is 0.222 e. The number of rotatable bonds is 9. The topological polar surface area (TPSA) is 88.7 Å². The first-order valence-corrected chi connectivity index (χ1v) is 9.20. The number of benzene rings is 2. The van der Waals surface area contributed by atoms with E-state index in [0.29, 0.717) is 32.0 Å². The van der Waals surface area contributed by atoms with Crippen LogP contribution in [0, 0.1) is 11.7 Å². The first-order valence-electron chi connectivity index (χ1n) is 9.20. The van der Waals surface area contributed by atoms with Crippen LogP contribution in [0.4, 0.5) is 4.39 Å². The highest BCUT2D eigenvalue weighted by atomic mass is 19.1. The summed E-state index contributed by atoms with van der Waals surface area (Å²) in [5.74, 6) is 0.206. The molecule has 1 atom stereocenters. The van der Waals surface area contributed by atoms with E-state index in [1.54, 1.807) is 19.2 Å². The van der Waals surface area contributed by atoms with Crippen molar-refractivity contribution in [2.75, 3.05) is 20.2 Å². The molecule has 6 nitrogen and oxygen atoms in total. The summed E-state index contributed by atoms with van der Waals surface area (Å²) >= 11 is 0. The zero-order valence-corrected chi connectivity index (χ0v) is 16.2. The first kappa shape index (κ1) is 21.2. The molecule has 0 aromatic heterocycles. The van der Waals surface area contributed by atoms with E-state index in [1.807, 2.05) is 31.2 Å². The number of aliphatic imine (C=N–C) groups is 1. The van der Waals surface area contributed by atoms with Gasteiger partial charge in [-0.05, 0) is 48.7 Å². The Bertz CT molecular complexity index is 793. The largest absolute Gasteiger partial charge is 0.497 e. The van der Waals surface area contributed by atoms with Gasteiger partial charge in [-0.2, -0.15) is 0 Å². The van der Waals surface area contributed by atoms with Crippen LogP contribution in [0.2, 0.25) is 0 Å². The highest BCUT2D eigenvalue weighted by molar-refractivity contribution is 5.81. The van der Waals surface area contributed by atoms with Gasteiger partial charge in [-0.1, -0.05) is 24.3 Å². The van der Waals surface area contributed by atoms with Gasteiger partial charge in [0, 0.05) is 13.1 Å². The SMILES string of the molecule is CCNC(=NCc1cccc(OC)c1)NCC(Cc1ccc(F)cc1)C(N)=O. The number of carbonyl (C=O) groups excluding carboxylic acids is 1. The molecular weight excluding hydrogens is 359 g/mol. The average molecular weight is 386 g/mol. The summed E-state index contributed by atoms with van der Waals surface area (Å²) in [4.78, 5) is 16.4. The molecule has 0 saturated carbocycles. The lowest BCUT2D eigenvalue weighted by Gasteiger charge is -2.17. The van der Waals surface area contributed by atoms with Crippen molar-refractivity contribution < 1.29 is 13.9 Å². The van der Waals surface area contributed by atoms with Gasteiger partial charge in [-0.25, -0.2) is 9.38 Å². The van der Waals surface area contributed by atoms with Crippen molar-refractivity contribution in [3.63, 3.8) is 0 Å². The fourth-order valence-corrected chi connectivity index (χ4v) is 2.68. The average Bonchev–Trinajstić information content (AvgIpc) is 2.70. The molecule has 0 aliphatic rings. The second kappa shape index (κ2) is 10.9. The second-order valence-electron chi connectivity index (χ2n) is 6.36. The number of primary amides is 1. The summed E-state index contributed by atoms with van der Waals surface area (Å²) in [6.45, 7) is 3.44. The van der Waals surface area contributed by atoms with Gasteiger partial charge in [-0.15, -0.1) is 0 Å². The Morgan fingerprint density at radius 1 is 1.18 bits per heavy atom. The van der Waals surface area contributed by atoms with Crippen molar-refractivity contribution in [1.29, 1.82) is 0 Å². The van der Waals surface area contributed by atoms with Gasteiger partial charge in [0.25, 0.3) is 0 Å². The number of nitrogens with two attached hydrogens (primary N) is 1. The van der Waals surface area contributed by atoms with Crippen LogP contribution < -0.4 is 21.1 Å². The van der Waals surface area contributed by atoms with E-state index in [2.05, 4.69) is 15.6 Å². The zero-order chi connectivity index (χ0) is 20.4. The third-order valence-corrected chi connectivity index (χ3v) is 4.21. The number of halogens is 1. The van der Waals surface area contributed by atoms with Crippen LogP contribution in [0.25, 0.3) is 0 Å². The van der Waals surface area contributed by atoms with Gasteiger partial charge in [0.15, 0.2) is 5.96 Å². The van der Waals surface area contributed by atoms with E-state index in [-0.39, 0.29) is 5.82 Å². The highest BCUT2D eigenvalue weighted by Gasteiger charge is 2.16. The van der Waals surface area contributed by atoms with Crippen LogP contribution in [0.5, 0.6) is 5.75 Å². The van der Waals surface area contributed by atoms with E-state index in [4.69, 9.17) is 10.5 Å². The van der Waals surface area contributed by atoms with Crippen LogP contribution in [0.1, 0.15) is 18.1 Å². The fraction of sp³-hybridized carbons (Fsp3) is 0.333. The number of carbonyl (C=O) groups is 1. The van der Waals surface area contributed by atoms with Crippen molar-refractivity contribution in [3.8, 4) is 5.75 Å². The highest BCUT2D eigenvalue weighted by Crippen LogP contribution is 2.13. The number of ether oxygens (including phenoxy) is 1. The zero-order valence-electron chi connectivity index (χ0n) is 16.2. The predicted molar refractivity (Wildman–Crippen MR) is 109 cm³/mol. The Morgan fingerprint density at radius 2 is 1.93 bits per heavy atom. The summed E-state index contributed by atoms with van der Waals surface area (Å²) in [5, 5.41) is 6.32. The summed E-state index contributed by atoms with van der Waals surface area (Å²) in [6, 6.07) is 13.8. The molecule has 2 aromatic rings. The number of hydrogen-bond donors (Lipinski definition) is 3.